The van der Waals surface area contributed by atoms with E-state index in [0.717, 1.165) is 6.42 Å². The number of hydrogen-bond donors (Lipinski definition) is 2. The van der Waals surface area contributed by atoms with Crippen molar-refractivity contribution in [1.29, 1.82) is 0 Å². The molecule has 1 rings (SSSR count). The molecule has 5 nitrogen and oxygen atoms in total. The van der Waals surface area contributed by atoms with Crippen molar-refractivity contribution < 1.29 is 14.3 Å². The van der Waals surface area contributed by atoms with E-state index in [1.165, 1.54) is 0 Å². The number of nitrogens with one attached hydrogen (secondary N) is 1. The molecule has 0 aliphatic heterocycles. The molecule has 1 atom stereocenters. The van der Waals surface area contributed by atoms with Gasteiger partial charge in [-0.15, -0.1) is 0 Å². The molecule has 1 aromatic rings. The Hall–Kier alpha value is -1.56. The van der Waals surface area contributed by atoms with E-state index in [4.69, 9.17) is 10.5 Å². The normalized spacial score (nSPS) is 12.0. The molecule has 1 aromatic carbocycles. The van der Waals surface area contributed by atoms with E-state index in [9.17, 15) is 9.59 Å². The summed E-state index contributed by atoms with van der Waals surface area (Å²) in [4.78, 5) is 23.8. The first kappa shape index (κ1) is 17.5. The zero-order valence-corrected chi connectivity index (χ0v) is 14.1. The smallest absolute Gasteiger partial charge is 0.340 e. The minimum Gasteiger partial charge on any atom is -0.449 e. The maximum Gasteiger partial charge on any atom is 0.340 e. The highest BCUT2D eigenvalue weighted by Crippen LogP contribution is 2.24. The van der Waals surface area contributed by atoms with Crippen LogP contribution in [0.4, 0.5) is 5.69 Å². The second-order valence-corrected chi connectivity index (χ2v) is 6.02. The first-order chi connectivity index (χ1) is 9.82. The number of anilines is 1. The van der Waals surface area contributed by atoms with Gasteiger partial charge in [0.15, 0.2) is 6.10 Å². The van der Waals surface area contributed by atoms with Crippen molar-refractivity contribution in [3.8, 4) is 0 Å². The van der Waals surface area contributed by atoms with Crippen LogP contribution in [0, 0.1) is 5.92 Å². The number of halogens is 1. The standard InChI is InChI=1S/C15H21BrN2O3/c1-9(2)7-8-18-14(19)10(3)21-15(20)11-5-4-6-12(17)13(11)16/h4-6,9-10H,7-8,17H2,1-3H3,(H,18,19). The molecule has 21 heavy (non-hydrogen) atoms. The van der Waals surface area contributed by atoms with Gasteiger partial charge in [0.25, 0.3) is 5.91 Å². The fourth-order valence-electron chi connectivity index (χ4n) is 1.61. The molecule has 6 heteroatoms. The van der Waals surface area contributed by atoms with Crippen LogP contribution in [-0.2, 0) is 9.53 Å². The Balaban J connectivity index is 2.57. The van der Waals surface area contributed by atoms with Crippen molar-refractivity contribution in [1.82, 2.24) is 5.32 Å². The van der Waals surface area contributed by atoms with Gasteiger partial charge >= 0.3 is 5.97 Å². The molecule has 0 aliphatic rings. The predicted octanol–water partition coefficient (Wildman–Crippen LogP) is 2.74. The quantitative estimate of drug-likeness (QED) is 0.606. The zero-order valence-electron chi connectivity index (χ0n) is 12.5. The molecule has 0 saturated carbocycles. The lowest BCUT2D eigenvalue weighted by molar-refractivity contribution is -0.129. The average Bonchev–Trinajstić information content (AvgIpc) is 2.41. The Morgan fingerprint density at radius 3 is 2.62 bits per heavy atom. The van der Waals surface area contributed by atoms with Crippen molar-refractivity contribution in [2.75, 3.05) is 12.3 Å². The number of rotatable bonds is 6. The number of nitrogens with two attached hydrogens (primary N) is 1. The third-order valence-electron chi connectivity index (χ3n) is 2.92. The molecule has 0 aromatic heterocycles. The van der Waals surface area contributed by atoms with Crippen LogP contribution in [0.15, 0.2) is 22.7 Å². The second kappa shape index (κ2) is 8.02. The lowest BCUT2D eigenvalue weighted by Gasteiger charge is -2.15. The summed E-state index contributed by atoms with van der Waals surface area (Å²) in [6.07, 6.45) is 0.0330. The minimum absolute atomic E-state index is 0.302. The van der Waals surface area contributed by atoms with Crippen LogP contribution in [0.25, 0.3) is 0 Å². The van der Waals surface area contributed by atoms with Gasteiger partial charge in [0.2, 0.25) is 0 Å². The van der Waals surface area contributed by atoms with Gasteiger partial charge in [-0.2, -0.15) is 0 Å². The summed E-state index contributed by atoms with van der Waals surface area (Å²) in [6, 6.07) is 4.92. The van der Waals surface area contributed by atoms with Crippen molar-refractivity contribution in [2.45, 2.75) is 33.3 Å². The van der Waals surface area contributed by atoms with Gasteiger partial charge in [-0.05, 0) is 47.3 Å². The fourth-order valence-corrected chi connectivity index (χ4v) is 2.04. The van der Waals surface area contributed by atoms with E-state index >= 15 is 0 Å². The van der Waals surface area contributed by atoms with E-state index in [0.29, 0.717) is 28.2 Å². The Morgan fingerprint density at radius 1 is 1.33 bits per heavy atom. The molecule has 116 valence electrons. The van der Waals surface area contributed by atoms with Crippen molar-refractivity contribution >= 4 is 33.5 Å². The maximum absolute atomic E-state index is 12.0. The third-order valence-corrected chi connectivity index (χ3v) is 3.81. The van der Waals surface area contributed by atoms with E-state index in [1.807, 2.05) is 0 Å². The number of nitrogen functional groups attached to an aromatic ring is 1. The Morgan fingerprint density at radius 2 is 2.00 bits per heavy atom. The Labute approximate surface area is 133 Å². The summed E-state index contributed by atoms with van der Waals surface area (Å²) in [5.74, 6) is -0.379. The molecule has 0 spiro atoms. The molecular formula is C15H21BrN2O3. The molecular weight excluding hydrogens is 336 g/mol. The second-order valence-electron chi connectivity index (χ2n) is 5.23. The van der Waals surface area contributed by atoms with Crippen LogP contribution in [-0.4, -0.2) is 24.5 Å². The van der Waals surface area contributed by atoms with Gasteiger partial charge in [0.1, 0.15) is 0 Å². The van der Waals surface area contributed by atoms with Gasteiger partial charge < -0.3 is 15.8 Å². The molecule has 0 heterocycles. The number of amides is 1. The van der Waals surface area contributed by atoms with Crippen LogP contribution in [0.2, 0.25) is 0 Å². The molecule has 1 unspecified atom stereocenters. The van der Waals surface area contributed by atoms with Crippen molar-refractivity contribution in [3.63, 3.8) is 0 Å². The highest BCUT2D eigenvalue weighted by Gasteiger charge is 2.20. The van der Waals surface area contributed by atoms with Crippen LogP contribution < -0.4 is 11.1 Å². The van der Waals surface area contributed by atoms with Crippen molar-refractivity contribution in [3.05, 3.63) is 28.2 Å². The van der Waals surface area contributed by atoms with E-state index in [1.54, 1.807) is 25.1 Å². The largest absolute Gasteiger partial charge is 0.449 e. The van der Waals surface area contributed by atoms with Gasteiger partial charge in [-0.1, -0.05) is 19.9 Å². The van der Waals surface area contributed by atoms with Gasteiger partial charge in [0.05, 0.1) is 10.0 Å². The maximum atomic E-state index is 12.0. The highest BCUT2D eigenvalue weighted by atomic mass is 79.9. The topological polar surface area (TPSA) is 81.4 Å². The number of benzene rings is 1. The van der Waals surface area contributed by atoms with Crippen molar-refractivity contribution in [2.24, 2.45) is 5.92 Å². The first-order valence-electron chi connectivity index (χ1n) is 6.85. The summed E-state index contributed by atoms with van der Waals surface area (Å²) >= 11 is 3.24. The highest BCUT2D eigenvalue weighted by molar-refractivity contribution is 9.10. The number of carbonyl (C=O) groups is 2. The monoisotopic (exact) mass is 356 g/mol. The molecule has 0 fully saturated rings. The number of esters is 1. The molecule has 0 radical (unpaired) electrons. The molecule has 3 N–H and O–H groups in total. The average molecular weight is 357 g/mol. The van der Waals surface area contributed by atoms with Gasteiger partial charge in [-0.25, -0.2) is 4.79 Å². The predicted molar refractivity (Wildman–Crippen MR) is 85.9 cm³/mol. The molecule has 0 aliphatic carbocycles. The number of carbonyl (C=O) groups excluding carboxylic acids is 2. The lowest BCUT2D eigenvalue weighted by atomic mass is 10.1. The zero-order chi connectivity index (χ0) is 16.0. The Kier molecular flexibility index (Phi) is 6.68. The fraction of sp³-hybridized carbons (Fsp3) is 0.467. The van der Waals surface area contributed by atoms with Gasteiger partial charge in [0, 0.05) is 12.2 Å². The third kappa shape index (κ3) is 5.38. The lowest BCUT2D eigenvalue weighted by Crippen LogP contribution is -2.36. The van der Waals surface area contributed by atoms with Crippen LogP contribution in [0.1, 0.15) is 37.6 Å². The first-order valence-corrected chi connectivity index (χ1v) is 7.65. The number of ether oxygens (including phenoxy) is 1. The minimum atomic E-state index is -0.849. The summed E-state index contributed by atoms with van der Waals surface area (Å²) < 4.78 is 5.63. The molecule has 0 bridgehead atoms. The SMILES string of the molecule is CC(C)CCNC(=O)C(C)OC(=O)c1cccc(N)c1Br. The van der Waals surface area contributed by atoms with E-state index in [-0.39, 0.29) is 5.91 Å². The molecule has 1 amide bonds. The summed E-state index contributed by atoms with van der Waals surface area (Å²) in [5, 5.41) is 2.74. The number of hydrogen-bond acceptors (Lipinski definition) is 4. The summed E-state index contributed by atoms with van der Waals surface area (Å²) in [7, 11) is 0. The Bertz CT molecular complexity index is 518. The summed E-state index contributed by atoms with van der Waals surface area (Å²) in [6.45, 7) is 6.27. The molecule has 0 saturated heterocycles. The van der Waals surface area contributed by atoms with E-state index in [2.05, 4.69) is 35.1 Å². The van der Waals surface area contributed by atoms with Crippen LogP contribution >= 0.6 is 15.9 Å². The van der Waals surface area contributed by atoms with Gasteiger partial charge in [-0.3, -0.25) is 4.79 Å². The van der Waals surface area contributed by atoms with Crippen LogP contribution in [0.5, 0.6) is 0 Å². The summed E-state index contributed by atoms with van der Waals surface area (Å²) in [5.41, 5.74) is 6.45. The van der Waals surface area contributed by atoms with E-state index < -0.39 is 12.1 Å². The van der Waals surface area contributed by atoms with Crippen LogP contribution in [0.3, 0.4) is 0 Å².